The van der Waals surface area contributed by atoms with Gasteiger partial charge in [0, 0.05) is 57.2 Å². The van der Waals surface area contributed by atoms with Gasteiger partial charge in [-0.05, 0) is 23.8 Å². The van der Waals surface area contributed by atoms with E-state index in [9.17, 15) is 4.79 Å². The van der Waals surface area contributed by atoms with Crippen molar-refractivity contribution in [2.75, 3.05) is 0 Å². The molecule has 0 saturated carbocycles. The van der Waals surface area contributed by atoms with Gasteiger partial charge in [-0.3, -0.25) is 14.2 Å². The Kier molecular flexibility index (Phi) is 4.25. The van der Waals surface area contributed by atoms with Crippen LogP contribution in [0, 0.1) is 0 Å². The summed E-state index contributed by atoms with van der Waals surface area (Å²) in [5.41, 5.74) is 2.84. The van der Waals surface area contributed by atoms with Crippen molar-refractivity contribution in [3.05, 3.63) is 66.5 Å². The highest BCUT2D eigenvalue weighted by Gasteiger charge is 2.18. The van der Waals surface area contributed by atoms with E-state index < -0.39 is 0 Å². The van der Waals surface area contributed by atoms with Crippen LogP contribution in [0.1, 0.15) is 15.9 Å². The molecule has 0 spiro atoms. The fourth-order valence-electron chi connectivity index (χ4n) is 2.79. The molecule has 0 bridgehead atoms. The predicted octanol–water partition coefficient (Wildman–Crippen LogP) is 1.33. The van der Waals surface area contributed by atoms with E-state index in [1.54, 1.807) is 45.9 Å². The van der Waals surface area contributed by atoms with Crippen molar-refractivity contribution in [3.63, 3.8) is 0 Å². The summed E-state index contributed by atoms with van der Waals surface area (Å²) in [6, 6.07) is 5.58. The molecular weight excluding hydrogens is 344 g/mol. The van der Waals surface area contributed by atoms with E-state index in [-0.39, 0.29) is 5.91 Å². The molecule has 4 aromatic rings. The Morgan fingerprint density at radius 3 is 2.78 bits per heavy atom. The lowest BCUT2D eigenvalue weighted by Crippen LogP contribution is -2.23. The molecule has 4 heterocycles. The molecule has 4 aromatic heterocycles. The van der Waals surface area contributed by atoms with Gasteiger partial charge in [0.05, 0.1) is 11.8 Å². The van der Waals surface area contributed by atoms with Gasteiger partial charge in [0.2, 0.25) is 0 Å². The Hall–Kier alpha value is -3.75. The Labute approximate surface area is 155 Å². The number of rotatable bonds is 5. The maximum Gasteiger partial charge on any atom is 0.255 e. The minimum atomic E-state index is -0.195. The average molecular weight is 362 g/mol. The van der Waals surface area contributed by atoms with E-state index in [1.807, 2.05) is 37.6 Å². The lowest BCUT2D eigenvalue weighted by molar-refractivity contribution is 0.0951. The smallest absolute Gasteiger partial charge is 0.255 e. The van der Waals surface area contributed by atoms with Crippen LogP contribution in [0.15, 0.2) is 55.4 Å². The van der Waals surface area contributed by atoms with Gasteiger partial charge in [-0.2, -0.15) is 15.3 Å². The predicted molar refractivity (Wildman–Crippen MR) is 97.9 cm³/mol. The van der Waals surface area contributed by atoms with E-state index in [4.69, 9.17) is 0 Å². The van der Waals surface area contributed by atoms with E-state index >= 15 is 0 Å². The number of aryl methyl sites for hydroxylation is 2. The molecule has 1 amide bonds. The van der Waals surface area contributed by atoms with Gasteiger partial charge in [-0.15, -0.1) is 0 Å². The molecule has 9 nitrogen and oxygen atoms in total. The van der Waals surface area contributed by atoms with Crippen molar-refractivity contribution in [1.29, 1.82) is 0 Å². The molecular formula is C18H18N8O. The third kappa shape index (κ3) is 3.47. The van der Waals surface area contributed by atoms with Gasteiger partial charge in [-0.25, -0.2) is 9.67 Å². The molecule has 0 aliphatic heterocycles. The van der Waals surface area contributed by atoms with Gasteiger partial charge in [0.25, 0.3) is 5.91 Å². The molecule has 136 valence electrons. The standard InChI is InChI=1S/C18H18N8O/c1-24-11-14(10-22-24)17-15(12-25(2)23-17)18(27)20-9-13-4-6-19-16(8-13)26-7-3-5-21-26/h3-8,10-12H,9H2,1-2H3,(H,20,27). The summed E-state index contributed by atoms with van der Waals surface area (Å²) in [5.74, 6) is 0.503. The molecule has 0 saturated heterocycles. The number of pyridine rings is 1. The van der Waals surface area contributed by atoms with Crippen LogP contribution in [-0.4, -0.2) is 40.2 Å². The van der Waals surface area contributed by atoms with E-state index in [1.165, 1.54) is 0 Å². The number of aromatic nitrogens is 7. The number of carbonyl (C=O) groups is 1. The first-order valence-corrected chi connectivity index (χ1v) is 8.36. The van der Waals surface area contributed by atoms with Crippen LogP contribution in [0.3, 0.4) is 0 Å². The van der Waals surface area contributed by atoms with Crippen LogP contribution in [-0.2, 0) is 20.6 Å². The Morgan fingerprint density at radius 1 is 1.15 bits per heavy atom. The van der Waals surface area contributed by atoms with Crippen molar-refractivity contribution in [2.24, 2.45) is 14.1 Å². The molecule has 0 aliphatic carbocycles. The second-order valence-corrected chi connectivity index (χ2v) is 6.12. The van der Waals surface area contributed by atoms with Gasteiger partial charge in [0.15, 0.2) is 5.82 Å². The molecule has 1 N–H and O–H groups in total. The van der Waals surface area contributed by atoms with Gasteiger partial charge >= 0.3 is 0 Å². The largest absolute Gasteiger partial charge is 0.348 e. The zero-order valence-corrected chi connectivity index (χ0v) is 14.9. The minimum Gasteiger partial charge on any atom is -0.348 e. The number of hydrogen-bond donors (Lipinski definition) is 1. The normalized spacial score (nSPS) is 10.9. The molecule has 9 heteroatoms. The second-order valence-electron chi connectivity index (χ2n) is 6.12. The van der Waals surface area contributed by atoms with Crippen LogP contribution in [0.2, 0.25) is 0 Å². The Morgan fingerprint density at radius 2 is 2.04 bits per heavy atom. The monoisotopic (exact) mass is 362 g/mol. The summed E-state index contributed by atoms with van der Waals surface area (Å²) < 4.78 is 4.98. The maximum absolute atomic E-state index is 12.7. The van der Waals surface area contributed by atoms with E-state index in [0.717, 1.165) is 11.1 Å². The molecule has 0 fully saturated rings. The molecule has 0 atom stereocenters. The molecule has 0 aliphatic rings. The summed E-state index contributed by atoms with van der Waals surface area (Å²) in [4.78, 5) is 17.0. The highest BCUT2D eigenvalue weighted by molar-refractivity contribution is 5.99. The first kappa shape index (κ1) is 16.7. The van der Waals surface area contributed by atoms with Crippen molar-refractivity contribution in [3.8, 4) is 17.1 Å². The van der Waals surface area contributed by atoms with Crippen molar-refractivity contribution < 1.29 is 4.79 Å². The third-order valence-electron chi connectivity index (χ3n) is 4.05. The molecule has 0 unspecified atom stereocenters. The zero-order chi connectivity index (χ0) is 18.8. The van der Waals surface area contributed by atoms with Crippen LogP contribution in [0.4, 0.5) is 0 Å². The average Bonchev–Trinajstić information content (AvgIpc) is 3.40. The lowest BCUT2D eigenvalue weighted by atomic mass is 10.1. The summed E-state index contributed by atoms with van der Waals surface area (Å²) in [7, 11) is 3.61. The first-order chi connectivity index (χ1) is 13.1. The molecule has 4 rings (SSSR count). The lowest BCUT2D eigenvalue weighted by Gasteiger charge is -2.07. The maximum atomic E-state index is 12.7. The highest BCUT2D eigenvalue weighted by atomic mass is 16.1. The van der Waals surface area contributed by atoms with Crippen LogP contribution < -0.4 is 5.32 Å². The number of nitrogens with one attached hydrogen (secondary N) is 1. The SMILES string of the molecule is Cn1cc(-c2nn(C)cc2C(=O)NCc2ccnc(-n3cccn3)c2)cn1. The van der Waals surface area contributed by atoms with Crippen LogP contribution in [0.25, 0.3) is 17.1 Å². The van der Waals surface area contributed by atoms with Crippen LogP contribution in [0.5, 0.6) is 0 Å². The van der Waals surface area contributed by atoms with E-state index in [0.29, 0.717) is 23.6 Å². The summed E-state index contributed by atoms with van der Waals surface area (Å²) >= 11 is 0. The minimum absolute atomic E-state index is 0.195. The van der Waals surface area contributed by atoms with Crippen molar-refractivity contribution in [1.82, 2.24) is 39.6 Å². The summed E-state index contributed by atoms with van der Waals surface area (Å²) in [6.07, 6.45) is 10.4. The summed E-state index contributed by atoms with van der Waals surface area (Å²) in [5, 5.41) is 15.7. The first-order valence-electron chi connectivity index (χ1n) is 8.36. The molecule has 27 heavy (non-hydrogen) atoms. The zero-order valence-electron chi connectivity index (χ0n) is 14.9. The Bertz CT molecular complexity index is 1080. The van der Waals surface area contributed by atoms with Gasteiger partial charge in [0.1, 0.15) is 5.69 Å². The topological polar surface area (TPSA) is 95.5 Å². The van der Waals surface area contributed by atoms with E-state index in [2.05, 4.69) is 25.6 Å². The second kappa shape index (κ2) is 6.87. The number of amides is 1. The number of carbonyl (C=O) groups excluding carboxylic acids is 1. The fourth-order valence-corrected chi connectivity index (χ4v) is 2.79. The van der Waals surface area contributed by atoms with Gasteiger partial charge in [-0.1, -0.05) is 0 Å². The third-order valence-corrected chi connectivity index (χ3v) is 4.05. The van der Waals surface area contributed by atoms with Crippen molar-refractivity contribution >= 4 is 5.91 Å². The van der Waals surface area contributed by atoms with Gasteiger partial charge < -0.3 is 5.32 Å². The number of nitrogens with zero attached hydrogens (tertiary/aromatic N) is 7. The molecule has 0 aromatic carbocycles. The summed E-state index contributed by atoms with van der Waals surface area (Å²) in [6.45, 7) is 0.372. The fraction of sp³-hybridized carbons (Fsp3) is 0.167. The highest BCUT2D eigenvalue weighted by Crippen LogP contribution is 2.21. The quantitative estimate of drug-likeness (QED) is 0.578. The van der Waals surface area contributed by atoms with Crippen molar-refractivity contribution in [2.45, 2.75) is 6.54 Å². The van der Waals surface area contributed by atoms with Crippen LogP contribution >= 0.6 is 0 Å². The number of hydrogen-bond acceptors (Lipinski definition) is 5. The molecule has 0 radical (unpaired) electrons. The Balaban J connectivity index is 1.52.